The molecule has 2 nitrogen and oxygen atoms in total. The molecule has 3 heteroatoms. The number of thioether (sulfide) groups is 1. The van der Waals surface area contributed by atoms with Gasteiger partial charge in [-0.15, -0.1) is 0 Å². The monoisotopic (exact) mass is 282 g/mol. The summed E-state index contributed by atoms with van der Waals surface area (Å²) in [5.74, 6) is 1.30. The lowest BCUT2D eigenvalue weighted by Crippen LogP contribution is -2.70. The summed E-state index contributed by atoms with van der Waals surface area (Å²) < 4.78 is 0. The van der Waals surface area contributed by atoms with Crippen LogP contribution >= 0.6 is 11.8 Å². The van der Waals surface area contributed by atoms with Crippen molar-refractivity contribution in [3.63, 3.8) is 0 Å². The first-order valence-electron chi connectivity index (χ1n) is 8.28. The molecule has 0 radical (unpaired) electrons. The van der Waals surface area contributed by atoms with Crippen molar-refractivity contribution in [2.75, 3.05) is 31.6 Å². The Bertz CT molecular complexity index is 293. The van der Waals surface area contributed by atoms with Crippen LogP contribution in [0.5, 0.6) is 0 Å². The molecule has 3 aliphatic rings. The van der Waals surface area contributed by atoms with Crippen LogP contribution in [-0.4, -0.2) is 47.6 Å². The van der Waals surface area contributed by atoms with Crippen LogP contribution in [0.1, 0.15) is 57.8 Å². The molecule has 0 aromatic heterocycles. The summed E-state index contributed by atoms with van der Waals surface area (Å²) in [6.07, 6.45) is 15.2. The highest BCUT2D eigenvalue weighted by Gasteiger charge is 2.48. The van der Waals surface area contributed by atoms with Crippen molar-refractivity contribution >= 4 is 11.8 Å². The second-order valence-corrected chi connectivity index (χ2v) is 8.03. The quantitative estimate of drug-likeness (QED) is 0.855. The molecule has 1 heterocycles. The van der Waals surface area contributed by atoms with Crippen molar-refractivity contribution in [2.24, 2.45) is 0 Å². The molecule has 1 aliphatic heterocycles. The number of piperazine rings is 1. The van der Waals surface area contributed by atoms with E-state index in [0.717, 1.165) is 0 Å². The highest BCUT2D eigenvalue weighted by molar-refractivity contribution is 7.98. The Kier molecular flexibility index (Phi) is 4.45. The summed E-state index contributed by atoms with van der Waals surface area (Å²) in [5.41, 5.74) is 1.00. The third-order valence-electron chi connectivity index (χ3n) is 5.87. The summed E-state index contributed by atoms with van der Waals surface area (Å²) in [6, 6.07) is 0. The van der Waals surface area contributed by atoms with Crippen molar-refractivity contribution in [3.05, 3.63) is 0 Å². The van der Waals surface area contributed by atoms with Crippen LogP contribution in [0.4, 0.5) is 0 Å². The molecule has 1 saturated heterocycles. The molecule has 19 heavy (non-hydrogen) atoms. The topological polar surface area (TPSA) is 15.3 Å². The smallest absolute Gasteiger partial charge is 0.0335 e. The molecule has 2 spiro atoms. The van der Waals surface area contributed by atoms with Gasteiger partial charge in [0.15, 0.2) is 0 Å². The van der Waals surface area contributed by atoms with Gasteiger partial charge in [-0.25, -0.2) is 0 Å². The average molecular weight is 282 g/mol. The molecular weight excluding hydrogens is 252 g/mol. The zero-order chi connectivity index (χ0) is 13.2. The normalized spacial score (nSPS) is 30.2. The van der Waals surface area contributed by atoms with Gasteiger partial charge < -0.3 is 5.32 Å². The minimum absolute atomic E-state index is 0.487. The molecule has 0 amide bonds. The zero-order valence-electron chi connectivity index (χ0n) is 12.5. The lowest BCUT2D eigenvalue weighted by Gasteiger charge is -2.55. The van der Waals surface area contributed by atoms with Gasteiger partial charge >= 0.3 is 0 Å². The molecule has 0 atom stereocenters. The molecule has 0 aromatic carbocycles. The van der Waals surface area contributed by atoms with Gasteiger partial charge in [0.05, 0.1) is 0 Å². The predicted molar refractivity (Wildman–Crippen MR) is 85.0 cm³/mol. The van der Waals surface area contributed by atoms with Crippen LogP contribution in [-0.2, 0) is 0 Å². The van der Waals surface area contributed by atoms with Crippen molar-refractivity contribution in [1.82, 2.24) is 10.2 Å². The summed E-state index contributed by atoms with van der Waals surface area (Å²) in [5, 5.41) is 4.01. The number of rotatable bonds is 3. The largest absolute Gasteiger partial charge is 0.308 e. The van der Waals surface area contributed by atoms with Gasteiger partial charge in [0, 0.05) is 36.5 Å². The summed E-state index contributed by atoms with van der Waals surface area (Å²) >= 11 is 2.01. The van der Waals surface area contributed by atoms with Gasteiger partial charge in [-0.05, 0) is 31.9 Å². The standard InChI is InChI=1S/C16H30N2S/c1-19-12-11-18-14-15(7-5-6-8-15)17-13-16(18)9-3-2-4-10-16/h17H,2-14H2,1H3. The molecule has 0 bridgehead atoms. The predicted octanol–water partition coefficient (Wildman–Crippen LogP) is 3.27. The molecule has 0 unspecified atom stereocenters. The fourth-order valence-electron chi connectivity index (χ4n) is 4.66. The van der Waals surface area contributed by atoms with Gasteiger partial charge in [0.25, 0.3) is 0 Å². The van der Waals surface area contributed by atoms with E-state index >= 15 is 0 Å². The lowest BCUT2D eigenvalue weighted by molar-refractivity contribution is -0.0131. The van der Waals surface area contributed by atoms with Crippen LogP contribution < -0.4 is 5.32 Å². The maximum absolute atomic E-state index is 4.01. The van der Waals surface area contributed by atoms with E-state index in [1.54, 1.807) is 0 Å². The van der Waals surface area contributed by atoms with Crippen molar-refractivity contribution in [3.8, 4) is 0 Å². The van der Waals surface area contributed by atoms with Gasteiger partial charge in [-0.1, -0.05) is 32.1 Å². The number of hydrogen-bond acceptors (Lipinski definition) is 3. The van der Waals surface area contributed by atoms with Crippen LogP contribution in [0.2, 0.25) is 0 Å². The molecule has 2 saturated carbocycles. The van der Waals surface area contributed by atoms with Crippen LogP contribution in [0.25, 0.3) is 0 Å². The highest BCUT2D eigenvalue weighted by Crippen LogP contribution is 2.41. The van der Waals surface area contributed by atoms with Crippen molar-refractivity contribution in [1.29, 1.82) is 0 Å². The molecule has 1 N–H and O–H groups in total. The second kappa shape index (κ2) is 5.95. The number of nitrogens with zero attached hydrogens (tertiary/aromatic N) is 1. The lowest BCUT2D eigenvalue weighted by atomic mass is 9.76. The SMILES string of the molecule is CSCCN1CC2(CCCC2)NCC12CCCCC2. The second-order valence-electron chi connectivity index (χ2n) is 7.04. The van der Waals surface area contributed by atoms with Gasteiger partial charge in [0.2, 0.25) is 0 Å². The van der Waals surface area contributed by atoms with Gasteiger partial charge in [-0.2, -0.15) is 11.8 Å². The third kappa shape index (κ3) is 2.84. The van der Waals surface area contributed by atoms with E-state index in [9.17, 15) is 0 Å². The van der Waals surface area contributed by atoms with E-state index in [4.69, 9.17) is 0 Å². The molecule has 0 aromatic rings. The van der Waals surface area contributed by atoms with E-state index in [1.165, 1.54) is 83.2 Å². The Morgan fingerprint density at radius 2 is 1.68 bits per heavy atom. The van der Waals surface area contributed by atoms with Crippen LogP contribution in [0.3, 0.4) is 0 Å². The van der Waals surface area contributed by atoms with Crippen molar-refractivity contribution < 1.29 is 0 Å². The Labute approximate surface area is 123 Å². The first kappa shape index (κ1) is 14.2. The van der Waals surface area contributed by atoms with Gasteiger partial charge in [0.1, 0.15) is 0 Å². The molecule has 110 valence electrons. The molecule has 3 fully saturated rings. The van der Waals surface area contributed by atoms with Crippen LogP contribution in [0.15, 0.2) is 0 Å². The van der Waals surface area contributed by atoms with E-state index < -0.39 is 0 Å². The minimum atomic E-state index is 0.487. The highest BCUT2D eigenvalue weighted by atomic mass is 32.2. The Hall–Kier alpha value is 0.270. The molecular formula is C16H30N2S. The van der Waals surface area contributed by atoms with Crippen molar-refractivity contribution in [2.45, 2.75) is 68.9 Å². The average Bonchev–Trinajstić information content (AvgIpc) is 2.90. The Morgan fingerprint density at radius 3 is 2.37 bits per heavy atom. The van der Waals surface area contributed by atoms with E-state index in [2.05, 4.69) is 16.5 Å². The third-order valence-corrected chi connectivity index (χ3v) is 6.46. The molecule has 2 aliphatic carbocycles. The van der Waals surface area contributed by atoms with E-state index in [0.29, 0.717) is 11.1 Å². The fraction of sp³-hybridized carbons (Fsp3) is 1.00. The van der Waals surface area contributed by atoms with Gasteiger partial charge in [-0.3, -0.25) is 4.90 Å². The Balaban J connectivity index is 1.73. The fourth-order valence-corrected chi connectivity index (χ4v) is 5.06. The maximum Gasteiger partial charge on any atom is 0.0335 e. The Morgan fingerprint density at radius 1 is 1.00 bits per heavy atom. The molecule has 3 rings (SSSR count). The summed E-state index contributed by atoms with van der Waals surface area (Å²) in [7, 11) is 0. The first-order valence-corrected chi connectivity index (χ1v) is 9.67. The van der Waals surface area contributed by atoms with E-state index in [-0.39, 0.29) is 0 Å². The minimum Gasteiger partial charge on any atom is -0.308 e. The van der Waals surface area contributed by atoms with E-state index in [1.807, 2.05) is 11.8 Å². The number of hydrogen-bond donors (Lipinski definition) is 1. The number of nitrogens with one attached hydrogen (secondary N) is 1. The first-order chi connectivity index (χ1) is 9.29. The zero-order valence-corrected chi connectivity index (χ0v) is 13.4. The van der Waals surface area contributed by atoms with Crippen LogP contribution in [0, 0.1) is 0 Å². The summed E-state index contributed by atoms with van der Waals surface area (Å²) in [6.45, 7) is 3.90. The summed E-state index contributed by atoms with van der Waals surface area (Å²) in [4.78, 5) is 2.91. The maximum atomic E-state index is 4.01.